The molecule has 114 valence electrons. The lowest BCUT2D eigenvalue weighted by Gasteiger charge is -2.10. The van der Waals surface area contributed by atoms with E-state index in [4.69, 9.17) is 33.0 Å². The molecule has 0 aliphatic heterocycles. The second-order valence-corrected chi connectivity index (χ2v) is 5.11. The number of carbonyl (C=O) groups is 2. The molecule has 0 radical (unpaired) electrons. The summed E-state index contributed by atoms with van der Waals surface area (Å²) in [5.41, 5.74) is 0.372. The molecule has 1 amide bonds. The summed E-state index contributed by atoms with van der Waals surface area (Å²) in [5, 5.41) is 12.3. The smallest absolute Gasteiger partial charge is 0.339 e. The van der Waals surface area contributed by atoms with Crippen LogP contribution in [-0.4, -0.2) is 23.6 Å². The maximum atomic E-state index is 11.8. The van der Waals surface area contributed by atoms with Crippen LogP contribution in [0.5, 0.6) is 5.75 Å². The van der Waals surface area contributed by atoms with Crippen molar-refractivity contribution in [2.24, 2.45) is 0 Å². The SMILES string of the molecule is O=C(COc1cc(Cl)ccc1C(=O)O)Nc1ccccc1Cl. The molecule has 0 fully saturated rings. The molecular weight excluding hydrogens is 329 g/mol. The molecule has 0 bridgehead atoms. The van der Waals surface area contributed by atoms with E-state index in [9.17, 15) is 9.59 Å². The molecule has 0 aromatic heterocycles. The standard InChI is InChI=1S/C15H11Cl2NO4/c16-9-5-6-10(15(20)21)13(7-9)22-8-14(19)18-12-4-2-1-3-11(12)17/h1-7H,8H2,(H,18,19)(H,20,21). The molecule has 2 rings (SSSR count). The van der Waals surface area contributed by atoms with Gasteiger partial charge in [0.2, 0.25) is 0 Å². The van der Waals surface area contributed by atoms with Crippen molar-refractivity contribution < 1.29 is 19.4 Å². The molecule has 0 aliphatic carbocycles. The number of carboxylic acids is 1. The predicted octanol–water partition coefficient (Wildman–Crippen LogP) is 3.71. The lowest BCUT2D eigenvalue weighted by molar-refractivity contribution is -0.118. The van der Waals surface area contributed by atoms with Gasteiger partial charge >= 0.3 is 5.97 Å². The minimum absolute atomic E-state index is 0.0225. The molecule has 22 heavy (non-hydrogen) atoms. The number of nitrogens with one attached hydrogen (secondary N) is 1. The summed E-state index contributed by atoms with van der Waals surface area (Å²) in [7, 11) is 0. The van der Waals surface area contributed by atoms with Gasteiger partial charge in [-0.25, -0.2) is 4.79 Å². The maximum Gasteiger partial charge on any atom is 0.339 e. The minimum atomic E-state index is -1.17. The number of rotatable bonds is 5. The van der Waals surface area contributed by atoms with Crippen LogP contribution in [0.3, 0.4) is 0 Å². The Kier molecular flexibility index (Phi) is 5.25. The van der Waals surface area contributed by atoms with Gasteiger partial charge in [-0.05, 0) is 30.3 Å². The van der Waals surface area contributed by atoms with Gasteiger partial charge in [-0.2, -0.15) is 0 Å². The van der Waals surface area contributed by atoms with E-state index in [0.29, 0.717) is 15.7 Å². The molecule has 0 spiro atoms. The van der Waals surface area contributed by atoms with Gasteiger partial charge in [0.15, 0.2) is 6.61 Å². The van der Waals surface area contributed by atoms with E-state index in [1.54, 1.807) is 24.3 Å². The summed E-state index contributed by atoms with van der Waals surface area (Å²) >= 11 is 11.7. The van der Waals surface area contributed by atoms with E-state index in [2.05, 4.69) is 5.32 Å². The quantitative estimate of drug-likeness (QED) is 0.870. The molecule has 0 atom stereocenters. The molecular formula is C15H11Cl2NO4. The number of halogens is 2. The third kappa shape index (κ3) is 4.13. The summed E-state index contributed by atoms with van der Waals surface area (Å²) in [6.45, 7) is -0.369. The van der Waals surface area contributed by atoms with E-state index in [0.717, 1.165) is 0 Å². The Labute approximate surface area is 136 Å². The van der Waals surface area contributed by atoms with Crippen LogP contribution in [0.4, 0.5) is 5.69 Å². The van der Waals surface area contributed by atoms with Crippen LogP contribution in [0.2, 0.25) is 10.0 Å². The highest BCUT2D eigenvalue weighted by atomic mass is 35.5. The lowest BCUT2D eigenvalue weighted by Crippen LogP contribution is -2.21. The van der Waals surface area contributed by atoms with E-state index in [1.807, 2.05) is 0 Å². The van der Waals surface area contributed by atoms with Gasteiger partial charge in [-0.15, -0.1) is 0 Å². The van der Waals surface area contributed by atoms with Crippen LogP contribution in [0.15, 0.2) is 42.5 Å². The van der Waals surface area contributed by atoms with Crippen molar-refractivity contribution in [2.75, 3.05) is 11.9 Å². The first-order valence-electron chi connectivity index (χ1n) is 6.17. The summed E-state index contributed by atoms with van der Waals surface area (Å²) < 4.78 is 5.23. The van der Waals surface area contributed by atoms with Gasteiger partial charge in [0.1, 0.15) is 11.3 Å². The monoisotopic (exact) mass is 339 g/mol. The average molecular weight is 340 g/mol. The average Bonchev–Trinajstić information content (AvgIpc) is 2.47. The predicted molar refractivity (Wildman–Crippen MR) is 84.0 cm³/mol. The minimum Gasteiger partial charge on any atom is -0.483 e. The number of carboxylic acid groups (broad SMARTS) is 1. The fourth-order valence-electron chi connectivity index (χ4n) is 1.68. The number of amides is 1. The summed E-state index contributed by atoms with van der Waals surface area (Å²) in [6, 6.07) is 10.8. The normalized spacial score (nSPS) is 10.1. The van der Waals surface area contributed by atoms with Gasteiger partial charge in [0, 0.05) is 5.02 Å². The third-order valence-electron chi connectivity index (χ3n) is 2.68. The van der Waals surface area contributed by atoms with Gasteiger partial charge < -0.3 is 15.2 Å². The molecule has 0 saturated heterocycles. The molecule has 7 heteroatoms. The number of para-hydroxylation sites is 1. The van der Waals surface area contributed by atoms with Crippen molar-refractivity contribution in [2.45, 2.75) is 0 Å². The summed E-state index contributed by atoms with van der Waals surface area (Å²) in [5.74, 6) is -1.61. The van der Waals surface area contributed by atoms with Crippen molar-refractivity contribution in [3.05, 3.63) is 58.1 Å². The Hall–Kier alpha value is -2.24. The first-order chi connectivity index (χ1) is 10.5. The Morgan fingerprint density at radius 2 is 1.86 bits per heavy atom. The van der Waals surface area contributed by atoms with E-state index in [1.165, 1.54) is 18.2 Å². The lowest BCUT2D eigenvalue weighted by atomic mass is 10.2. The van der Waals surface area contributed by atoms with Gasteiger partial charge in [-0.1, -0.05) is 35.3 Å². The second-order valence-electron chi connectivity index (χ2n) is 4.26. The highest BCUT2D eigenvalue weighted by molar-refractivity contribution is 6.33. The van der Waals surface area contributed by atoms with Crippen LogP contribution < -0.4 is 10.1 Å². The van der Waals surface area contributed by atoms with Gasteiger partial charge in [0.25, 0.3) is 5.91 Å². The number of hydrogen-bond acceptors (Lipinski definition) is 3. The summed E-state index contributed by atoms with van der Waals surface area (Å²) in [4.78, 5) is 22.9. The Bertz CT molecular complexity index is 718. The summed E-state index contributed by atoms with van der Waals surface area (Å²) in [6.07, 6.45) is 0. The number of aromatic carboxylic acids is 1. The first kappa shape index (κ1) is 16.1. The number of benzene rings is 2. The molecule has 2 N–H and O–H groups in total. The highest BCUT2D eigenvalue weighted by Gasteiger charge is 2.13. The van der Waals surface area contributed by atoms with Gasteiger partial charge in [0.05, 0.1) is 10.7 Å². The largest absolute Gasteiger partial charge is 0.483 e. The van der Waals surface area contributed by atoms with Crippen molar-refractivity contribution >= 4 is 40.8 Å². The fourth-order valence-corrected chi connectivity index (χ4v) is 2.03. The highest BCUT2D eigenvalue weighted by Crippen LogP contribution is 2.24. The number of ether oxygens (including phenoxy) is 1. The maximum absolute atomic E-state index is 11.8. The number of anilines is 1. The van der Waals surface area contributed by atoms with Crippen molar-refractivity contribution in [3.8, 4) is 5.75 Å². The molecule has 5 nitrogen and oxygen atoms in total. The molecule has 0 heterocycles. The van der Waals surface area contributed by atoms with Gasteiger partial charge in [-0.3, -0.25) is 4.79 Å². The first-order valence-corrected chi connectivity index (χ1v) is 6.93. The van der Waals surface area contributed by atoms with Crippen molar-refractivity contribution in [3.63, 3.8) is 0 Å². The molecule has 0 unspecified atom stereocenters. The third-order valence-corrected chi connectivity index (χ3v) is 3.25. The zero-order valence-electron chi connectivity index (χ0n) is 11.2. The van der Waals surface area contributed by atoms with E-state index < -0.39 is 11.9 Å². The van der Waals surface area contributed by atoms with Crippen molar-refractivity contribution in [1.82, 2.24) is 0 Å². The fraction of sp³-hybridized carbons (Fsp3) is 0.0667. The molecule has 2 aromatic rings. The Morgan fingerprint density at radius 1 is 1.14 bits per heavy atom. The zero-order valence-corrected chi connectivity index (χ0v) is 12.7. The van der Waals surface area contributed by atoms with Crippen LogP contribution >= 0.6 is 23.2 Å². The molecule has 2 aromatic carbocycles. The van der Waals surface area contributed by atoms with Crippen molar-refractivity contribution in [1.29, 1.82) is 0 Å². The van der Waals surface area contributed by atoms with Crippen LogP contribution in [0.1, 0.15) is 10.4 Å². The number of hydrogen-bond donors (Lipinski definition) is 2. The second kappa shape index (κ2) is 7.15. The van der Waals surface area contributed by atoms with Crippen LogP contribution in [0.25, 0.3) is 0 Å². The van der Waals surface area contributed by atoms with E-state index in [-0.39, 0.29) is 17.9 Å². The zero-order chi connectivity index (χ0) is 16.1. The Balaban J connectivity index is 2.04. The van der Waals surface area contributed by atoms with E-state index >= 15 is 0 Å². The Morgan fingerprint density at radius 3 is 2.55 bits per heavy atom. The van der Waals surface area contributed by atoms with Crippen LogP contribution in [-0.2, 0) is 4.79 Å². The molecule has 0 saturated carbocycles. The number of carbonyl (C=O) groups excluding carboxylic acids is 1. The van der Waals surface area contributed by atoms with Crippen LogP contribution in [0, 0.1) is 0 Å². The topological polar surface area (TPSA) is 75.6 Å². The molecule has 0 aliphatic rings.